The summed E-state index contributed by atoms with van der Waals surface area (Å²) < 4.78 is 32.5. The van der Waals surface area contributed by atoms with Gasteiger partial charge in [0.05, 0.1) is 11.5 Å². The van der Waals surface area contributed by atoms with E-state index in [9.17, 15) is 13.5 Å². The first-order valence-corrected chi connectivity index (χ1v) is 8.09. The van der Waals surface area contributed by atoms with Gasteiger partial charge in [0.25, 0.3) is 0 Å². The average molecular weight is 299 g/mol. The third-order valence-corrected chi connectivity index (χ3v) is 5.25. The normalized spacial score (nSPS) is 23.2. The van der Waals surface area contributed by atoms with Crippen molar-refractivity contribution >= 4 is 10.0 Å². The zero-order valence-corrected chi connectivity index (χ0v) is 12.9. The van der Waals surface area contributed by atoms with Crippen LogP contribution < -0.4 is 4.72 Å². The Balaban J connectivity index is 2.23. The minimum absolute atomic E-state index is 0.0257. The number of benzene rings is 1. The van der Waals surface area contributed by atoms with Gasteiger partial charge in [-0.15, -0.1) is 0 Å². The number of aryl methyl sites for hydroxylation is 3. The van der Waals surface area contributed by atoms with Crippen LogP contribution in [0, 0.1) is 20.8 Å². The predicted molar refractivity (Wildman–Crippen MR) is 76.2 cm³/mol. The van der Waals surface area contributed by atoms with Crippen molar-refractivity contribution in [3.05, 3.63) is 28.8 Å². The van der Waals surface area contributed by atoms with Crippen molar-refractivity contribution in [3.63, 3.8) is 0 Å². The van der Waals surface area contributed by atoms with Crippen molar-refractivity contribution in [1.82, 2.24) is 4.72 Å². The topological polar surface area (TPSA) is 75.6 Å². The van der Waals surface area contributed by atoms with Gasteiger partial charge in [0.1, 0.15) is 5.60 Å². The van der Waals surface area contributed by atoms with Crippen LogP contribution >= 0.6 is 0 Å². The standard InChI is InChI=1S/C14H21NO4S/c1-10-6-11(2)13(12(3)7-10)20(17,18)15-8-14(16)4-5-19-9-14/h6-7,15-16H,4-5,8-9H2,1-3H3. The molecule has 0 bridgehead atoms. The highest BCUT2D eigenvalue weighted by Crippen LogP contribution is 2.23. The molecular formula is C14H21NO4S. The largest absolute Gasteiger partial charge is 0.386 e. The molecule has 112 valence electrons. The van der Waals surface area contributed by atoms with Gasteiger partial charge in [-0.05, 0) is 31.9 Å². The van der Waals surface area contributed by atoms with Gasteiger partial charge in [0.15, 0.2) is 0 Å². The van der Waals surface area contributed by atoms with Gasteiger partial charge in [0.2, 0.25) is 10.0 Å². The summed E-state index contributed by atoms with van der Waals surface area (Å²) in [6.07, 6.45) is 0.446. The number of hydrogen-bond donors (Lipinski definition) is 2. The summed E-state index contributed by atoms with van der Waals surface area (Å²) in [6, 6.07) is 3.68. The molecule has 0 saturated carbocycles. The molecule has 2 N–H and O–H groups in total. The summed E-state index contributed by atoms with van der Waals surface area (Å²) in [4.78, 5) is 0.297. The Bertz CT molecular complexity index is 581. The summed E-state index contributed by atoms with van der Waals surface area (Å²) in [5, 5.41) is 10.1. The number of nitrogens with one attached hydrogen (secondary N) is 1. The molecule has 1 aromatic carbocycles. The van der Waals surface area contributed by atoms with Gasteiger partial charge >= 0.3 is 0 Å². The lowest BCUT2D eigenvalue weighted by molar-refractivity contribution is 0.0314. The van der Waals surface area contributed by atoms with Crippen LogP contribution in [0.2, 0.25) is 0 Å². The lowest BCUT2D eigenvalue weighted by Gasteiger charge is -2.21. The number of aliphatic hydroxyl groups is 1. The minimum Gasteiger partial charge on any atom is -0.386 e. The highest BCUT2D eigenvalue weighted by Gasteiger charge is 2.34. The van der Waals surface area contributed by atoms with E-state index in [1.54, 1.807) is 13.8 Å². The number of hydrogen-bond acceptors (Lipinski definition) is 4. The van der Waals surface area contributed by atoms with Crippen LogP contribution in [0.5, 0.6) is 0 Å². The first-order valence-electron chi connectivity index (χ1n) is 6.61. The van der Waals surface area contributed by atoms with Crippen LogP contribution in [-0.2, 0) is 14.8 Å². The highest BCUT2D eigenvalue weighted by atomic mass is 32.2. The second-order valence-electron chi connectivity index (χ2n) is 5.58. The van der Waals surface area contributed by atoms with Gasteiger partial charge in [0, 0.05) is 19.6 Å². The monoisotopic (exact) mass is 299 g/mol. The van der Waals surface area contributed by atoms with Gasteiger partial charge < -0.3 is 9.84 Å². The van der Waals surface area contributed by atoms with Crippen molar-refractivity contribution in [1.29, 1.82) is 0 Å². The van der Waals surface area contributed by atoms with Gasteiger partial charge in [-0.2, -0.15) is 0 Å². The van der Waals surface area contributed by atoms with Gasteiger partial charge in [-0.25, -0.2) is 13.1 Å². The van der Waals surface area contributed by atoms with Crippen molar-refractivity contribution in [3.8, 4) is 0 Å². The molecule has 1 aliphatic rings. The molecular weight excluding hydrogens is 278 g/mol. The predicted octanol–water partition coefficient (Wildman–Crippen LogP) is 1.04. The van der Waals surface area contributed by atoms with Crippen LogP contribution in [0.15, 0.2) is 17.0 Å². The molecule has 1 atom stereocenters. The van der Waals surface area contributed by atoms with E-state index in [0.717, 1.165) is 5.56 Å². The van der Waals surface area contributed by atoms with Crippen LogP contribution in [0.1, 0.15) is 23.1 Å². The van der Waals surface area contributed by atoms with Crippen LogP contribution in [-0.4, -0.2) is 38.9 Å². The van der Waals surface area contributed by atoms with E-state index in [2.05, 4.69) is 4.72 Å². The van der Waals surface area contributed by atoms with E-state index >= 15 is 0 Å². The molecule has 1 aliphatic heterocycles. The van der Waals surface area contributed by atoms with E-state index in [1.165, 1.54) is 0 Å². The zero-order valence-electron chi connectivity index (χ0n) is 12.1. The van der Waals surface area contributed by atoms with Crippen molar-refractivity contribution in [2.45, 2.75) is 37.7 Å². The van der Waals surface area contributed by atoms with Crippen LogP contribution in [0.25, 0.3) is 0 Å². The highest BCUT2D eigenvalue weighted by molar-refractivity contribution is 7.89. The summed E-state index contributed by atoms with van der Waals surface area (Å²) >= 11 is 0. The Kier molecular flexibility index (Phi) is 4.20. The molecule has 5 nitrogen and oxygen atoms in total. The van der Waals surface area contributed by atoms with Crippen molar-refractivity contribution < 1.29 is 18.3 Å². The van der Waals surface area contributed by atoms with Crippen molar-refractivity contribution in [2.75, 3.05) is 19.8 Å². The Hall–Kier alpha value is -0.950. The number of ether oxygens (including phenoxy) is 1. The lowest BCUT2D eigenvalue weighted by atomic mass is 10.1. The molecule has 1 unspecified atom stereocenters. The first kappa shape index (κ1) is 15.4. The molecule has 0 aromatic heterocycles. The van der Waals surface area contributed by atoms with Gasteiger partial charge in [-0.1, -0.05) is 17.7 Å². The molecule has 6 heteroatoms. The first-order chi connectivity index (χ1) is 9.23. The molecule has 0 aliphatic carbocycles. The minimum atomic E-state index is -3.63. The second kappa shape index (κ2) is 5.44. The number of rotatable bonds is 4. The van der Waals surface area contributed by atoms with Crippen molar-refractivity contribution in [2.24, 2.45) is 0 Å². The Morgan fingerprint density at radius 1 is 1.30 bits per heavy atom. The molecule has 0 radical (unpaired) electrons. The third-order valence-electron chi connectivity index (χ3n) is 3.55. The fourth-order valence-electron chi connectivity index (χ4n) is 2.63. The molecule has 1 saturated heterocycles. The Morgan fingerprint density at radius 2 is 1.90 bits per heavy atom. The lowest BCUT2D eigenvalue weighted by Crippen LogP contribution is -2.43. The molecule has 0 amide bonds. The zero-order chi connectivity index (χ0) is 15.0. The third kappa shape index (κ3) is 3.20. The van der Waals surface area contributed by atoms with Crippen LogP contribution in [0.3, 0.4) is 0 Å². The number of sulfonamides is 1. The molecule has 0 spiro atoms. The molecule has 1 aromatic rings. The second-order valence-corrected chi connectivity index (χ2v) is 7.28. The Morgan fingerprint density at radius 3 is 2.40 bits per heavy atom. The van der Waals surface area contributed by atoms with E-state index in [0.29, 0.717) is 29.1 Å². The fourth-order valence-corrected chi connectivity index (χ4v) is 4.20. The molecule has 2 rings (SSSR count). The fraction of sp³-hybridized carbons (Fsp3) is 0.571. The molecule has 1 heterocycles. The maximum atomic E-state index is 12.4. The summed E-state index contributed by atoms with van der Waals surface area (Å²) in [5.74, 6) is 0. The average Bonchev–Trinajstić information content (AvgIpc) is 2.73. The quantitative estimate of drug-likeness (QED) is 0.871. The SMILES string of the molecule is Cc1cc(C)c(S(=O)(=O)NCC2(O)CCOC2)c(C)c1. The summed E-state index contributed by atoms with van der Waals surface area (Å²) in [6.45, 7) is 6.09. The molecule has 20 heavy (non-hydrogen) atoms. The van der Waals surface area contributed by atoms with Crippen LogP contribution in [0.4, 0.5) is 0 Å². The maximum absolute atomic E-state index is 12.4. The van der Waals surface area contributed by atoms with E-state index in [4.69, 9.17) is 4.74 Å². The van der Waals surface area contributed by atoms with Gasteiger partial charge in [-0.3, -0.25) is 0 Å². The smallest absolute Gasteiger partial charge is 0.241 e. The van der Waals surface area contributed by atoms with E-state index in [-0.39, 0.29) is 13.2 Å². The maximum Gasteiger partial charge on any atom is 0.241 e. The Labute approximate surface area is 120 Å². The van der Waals surface area contributed by atoms with E-state index < -0.39 is 15.6 Å². The summed E-state index contributed by atoms with van der Waals surface area (Å²) in [7, 11) is -3.63. The summed E-state index contributed by atoms with van der Waals surface area (Å²) in [5.41, 5.74) is 1.36. The van der Waals surface area contributed by atoms with E-state index in [1.807, 2.05) is 19.1 Å². The molecule has 1 fully saturated rings.